The normalized spacial score (nSPS) is 18.7. The minimum atomic E-state index is -0.816. The highest BCUT2D eigenvalue weighted by Gasteiger charge is 2.30. The number of para-hydroxylation sites is 1. The van der Waals surface area contributed by atoms with Crippen molar-refractivity contribution >= 4 is 17.7 Å². The summed E-state index contributed by atoms with van der Waals surface area (Å²) in [5.41, 5.74) is 2.23. The van der Waals surface area contributed by atoms with Crippen LogP contribution in [0.2, 0.25) is 0 Å². The number of hydrogen-bond acceptors (Lipinski definition) is 3. The third-order valence-corrected chi connectivity index (χ3v) is 4.12. The van der Waals surface area contributed by atoms with Gasteiger partial charge in [0.2, 0.25) is 0 Å². The zero-order chi connectivity index (χ0) is 14.8. The van der Waals surface area contributed by atoms with Gasteiger partial charge < -0.3 is 10.0 Å². The largest absolute Gasteiger partial charge is 0.480 e. The van der Waals surface area contributed by atoms with E-state index in [0.717, 1.165) is 18.7 Å². The first-order valence-corrected chi connectivity index (χ1v) is 7.23. The summed E-state index contributed by atoms with van der Waals surface area (Å²) in [6, 6.07) is 8.04. The number of fused-ring (bicyclic) bond motifs is 1. The Morgan fingerprint density at radius 3 is 2.48 bits per heavy atom. The standard InChI is InChI=1S/C15H19N3O3/c19-14(20)11-16-7-9-17(10-8-16)15(21)18-6-5-12-3-1-2-4-13(12)18/h1-4H,5-11H2,(H,19,20). The Kier molecular flexibility index (Phi) is 3.79. The number of benzene rings is 1. The highest BCUT2D eigenvalue weighted by molar-refractivity contribution is 5.94. The van der Waals surface area contributed by atoms with Gasteiger partial charge in [0.15, 0.2) is 0 Å². The van der Waals surface area contributed by atoms with Crippen LogP contribution in [-0.2, 0) is 11.2 Å². The van der Waals surface area contributed by atoms with Crippen LogP contribution in [0.3, 0.4) is 0 Å². The number of aliphatic carboxylic acids is 1. The summed E-state index contributed by atoms with van der Waals surface area (Å²) in [5, 5.41) is 8.79. The average molecular weight is 289 g/mol. The minimum absolute atomic E-state index is 0.0370. The van der Waals surface area contributed by atoms with Crippen LogP contribution in [0.5, 0.6) is 0 Å². The molecule has 1 saturated heterocycles. The lowest BCUT2D eigenvalue weighted by Gasteiger charge is -2.36. The summed E-state index contributed by atoms with van der Waals surface area (Å²) in [4.78, 5) is 28.8. The Labute approximate surface area is 123 Å². The van der Waals surface area contributed by atoms with E-state index < -0.39 is 5.97 Å². The summed E-state index contributed by atoms with van der Waals surface area (Å²) in [6.07, 6.45) is 0.904. The van der Waals surface area contributed by atoms with Crippen molar-refractivity contribution in [3.05, 3.63) is 29.8 Å². The fourth-order valence-electron chi connectivity index (χ4n) is 3.00. The van der Waals surface area contributed by atoms with Crippen LogP contribution >= 0.6 is 0 Å². The van der Waals surface area contributed by atoms with E-state index in [1.54, 1.807) is 0 Å². The number of piperazine rings is 1. The topological polar surface area (TPSA) is 64.1 Å². The molecule has 6 nitrogen and oxygen atoms in total. The summed E-state index contributed by atoms with van der Waals surface area (Å²) in [5.74, 6) is -0.816. The van der Waals surface area contributed by atoms with E-state index in [2.05, 4.69) is 6.07 Å². The molecule has 0 aliphatic carbocycles. The van der Waals surface area contributed by atoms with Crippen LogP contribution in [-0.4, -0.2) is 66.2 Å². The van der Waals surface area contributed by atoms with Gasteiger partial charge in [0, 0.05) is 38.4 Å². The molecular formula is C15H19N3O3. The average Bonchev–Trinajstić information content (AvgIpc) is 2.90. The Morgan fingerprint density at radius 2 is 1.76 bits per heavy atom. The van der Waals surface area contributed by atoms with E-state index >= 15 is 0 Å². The van der Waals surface area contributed by atoms with Gasteiger partial charge in [0.05, 0.1) is 6.54 Å². The number of rotatable bonds is 2. The second-order valence-corrected chi connectivity index (χ2v) is 5.47. The maximum Gasteiger partial charge on any atom is 0.324 e. The molecule has 0 atom stereocenters. The van der Waals surface area contributed by atoms with E-state index in [1.807, 2.05) is 32.9 Å². The Bertz CT molecular complexity index is 553. The van der Waals surface area contributed by atoms with Gasteiger partial charge in [-0.25, -0.2) is 4.79 Å². The van der Waals surface area contributed by atoms with Gasteiger partial charge in [0.1, 0.15) is 0 Å². The van der Waals surface area contributed by atoms with Gasteiger partial charge in [-0.2, -0.15) is 0 Å². The van der Waals surface area contributed by atoms with E-state index in [4.69, 9.17) is 5.11 Å². The Balaban J connectivity index is 1.62. The summed E-state index contributed by atoms with van der Waals surface area (Å²) in [7, 11) is 0. The van der Waals surface area contributed by atoms with E-state index in [0.29, 0.717) is 26.2 Å². The van der Waals surface area contributed by atoms with Crippen LogP contribution in [0, 0.1) is 0 Å². The number of carbonyl (C=O) groups is 2. The second kappa shape index (κ2) is 5.73. The van der Waals surface area contributed by atoms with E-state index in [9.17, 15) is 9.59 Å². The molecule has 0 spiro atoms. The first-order valence-electron chi connectivity index (χ1n) is 7.23. The molecule has 6 heteroatoms. The lowest BCUT2D eigenvalue weighted by molar-refractivity contribution is -0.138. The third kappa shape index (κ3) is 2.85. The molecule has 0 saturated carbocycles. The highest BCUT2D eigenvalue weighted by Crippen LogP contribution is 2.28. The van der Waals surface area contributed by atoms with Gasteiger partial charge in [-0.1, -0.05) is 18.2 Å². The molecule has 1 aromatic rings. The van der Waals surface area contributed by atoms with E-state index in [-0.39, 0.29) is 12.6 Å². The van der Waals surface area contributed by atoms with Gasteiger partial charge in [-0.15, -0.1) is 0 Å². The molecule has 2 aliphatic heterocycles. The lowest BCUT2D eigenvalue weighted by Crippen LogP contribution is -2.53. The number of anilines is 1. The zero-order valence-corrected chi connectivity index (χ0v) is 11.9. The van der Waals surface area contributed by atoms with Crippen LogP contribution in [0.4, 0.5) is 10.5 Å². The Hall–Kier alpha value is -2.08. The fraction of sp³-hybridized carbons (Fsp3) is 0.467. The molecule has 1 fully saturated rings. The summed E-state index contributed by atoms with van der Waals surface area (Å²) in [6.45, 7) is 3.19. The van der Waals surface area contributed by atoms with Crippen LogP contribution in [0.25, 0.3) is 0 Å². The van der Waals surface area contributed by atoms with Crippen molar-refractivity contribution in [3.63, 3.8) is 0 Å². The number of hydrogen-bond donors (Lipinski definition) is 1. The maximum absolute atomic E-state index is 12.6. The lowest BCUT2D eigenvalue weighted by atomic mass is 10.2. The quantitative estimate of drug-likeness (QED) is 0.877. The zero-order valence-electron chi connectivity index (χ0n) is 11.9. The number of carboxylic acid groups (broad SMARTS) is 1. The highest BCUT2D eigenvalue weighted by atomic mass is 16.4. The molecule has 3 rings (SSSR count). The molecular weight excluding hydrogens is 270 g/mol. The molecule has 2 amide bonds. The number of carbonyl (C=O) groups excluding carboxylic acids is 1. The van der Waals surface area contributed by atoms with Crippen molar-refractivity contribution in [2.75, 3.05) is 44.2 Å². The number of urea groups is 1. The van der Waals surface area contributed by atoms with Gasteiger partial charge in [-0.05, 0) is 18.1 Å². The molecule has 112 valence electrons. The first kappa shape index (κ1) is 13.9. The first-order chi connectivity index (χ1) is 10.1. The van der Waals surface area contributed by atoms with E-state index in [1.165, 1.54) is 5.56 Å². The van der Waals surface area contributed by atoms with Crippen molar-refractivity contribution in [2.24, 2.45) is 0 Å². The second-order valence-electron chi connectivity index (χ2n) is 5.47. The van der Waals surface area contributed by atoms with Gasteiger partial charge in [-0.3, -0.25) is 14.6 Å². The smallest absolute Gasteiger partial charge is 0.324 e. The van der Waals surface area contributed by atoms with Crippen molar-refractivity contribution in [1.29, 1.82) is 0 Å². The number of nitrogens with zero attached hydrogens (tertiary/aromatic N) is 3. The van der Waals surface area contributed by atoms with Crippen LogP contribution < -0.4 is 4.90 Å². The Morgan fingerprint density at radius 1 is 1.05 bits per heavy atom. The molecule has 21 heavy (non-hydrogen) atoms. The van der Waals surface area contributed by atoms with Crippen molar-refractivity contribution < 1.29 is 14.7 Å². The number of carboxylic acids is 1. The fourth-order valence-corrected chi connectivity index (χ4v) is 3.00. The molecule has 0 bridgehead atoms. The van der Waals surface area contributed by atoms with Crippen molar-refractivity contribution in [1.82, 2.24) is 9.80 Å². The summed E-state index contributed by atoms with van der Waals surface area (Å²) < 4.78 is 0. The predicted octanol–water partition coefficient (Wildman–Crippen LogP) is 0.871. The molecule has 2 heterocycles. The maximum atomic E-state index is 12.6. The summed E-state index contributed by atoms with van der Waals surface area (Å²) >= 11 is 0. The van der Waals surface area contributed by atoms with Crippen molar-refractivity contribution in [3.8, 4) is 0 Å². The molecule has 0 radical (unpaired) electrons. The molecule has 1 aromatic carbocycles. The third-order valence-electron chi connectivity index (χ3n) is 4.12. The molecule has 0 aromatic heterocycles. The molecule has 0 unspecified atom stereocenters. The monoisotopic (exact) mass is 289 g/mol. The van der Waals surface area contributed by atoms with Crippen molar-refractivity contribution in [2.45, 2.75) is 6.42 Å². The van der Waals surface area contributed by atoms with Gasteiger partial charge >= 0.3 is 12.0 Å². The molecule has 2 aliphatic rings. The minimum Gasteiger partial charge on any atom is -0.480 e. The van der Waals surface area contributed by atoms with Crippen LogP contribution in [0.1, 0.15) is 5.56 Å². The van der Waals surface area contributed by atoms with Crippen LogP contribution in [0.15, 0.2) is 24.3 Å². The number of amides is 2. The predicted molar refractivity (Wildman–Crippen MR) is 78.5 cm³/mol. The molecule has 1 N–H and O–H groups in total. The SMILES string of the molecule is O=C(O)CN1CCN(C(=O)N2CCc3ccccc32)CC1. The van der Waals surface area contributed by atoms with Gasteiger partial charge in [0.25, 0.3) is 0 Å².